The molecule has 4 aromatic carbocycles. The van der Waals surface area contributed by atoms with Crippen molar-refractivity contribution in [3.8, 4) is 0 Å². The fourth-order valence-corrected chi connectivity index (χ4v) is 4.45. The summed E-state index contributed by atoms with van der Waals surface area (Å²) in [5, 5.41) is 0.543. The lowest BCUT2D eigenvalue weighted by Gasteiger charge is -2.27. The van der Waals surface area contributed by atoms with E-state index in [1.165, 1.54) is 11.1 Å². The van der Waals surface area contributed by atoms with E-state index in [9.17, 15) is 9.59 Å². The van der Waals surface area contributed by atoms with Gasteiger partial charge in [0.05, 0.1) is 12.2 Å². The Morgan fingerprint density at radius 2 is 1.36 bits per heavy atom. The molecule has 4 rings (SSSR count). The van der Waals surface area contributed by atoms with Gasteiger partial charge in [-0.2, -0.15) is 0 Å². The third kappa shape index (κ3) is 6.83. The quantitative estimate of drug-likeness (QED) is 0.164. The number of hydrogen-bond donors (Lipinski definition) is 0. The summed E-state index contributed by atoms with van der Waals surface area (Å²) >= 11 is 6.76. The van der Waals surface area contributed by atoms with Gasteiger partial charge in [-0.05, 0) is 41.0 Å². The van der Waals surface area contributed by atoms with Gasteiger partial charge in [-0.25, -0.2) is 4.79 Å². The molecule has 5 heteroatoms. The van der Waals surface area contributed by atoms with Crippen molar-refractivity contribution in [2.24, 2.45) is 0 Å². The maximum atomic E-state index is 12.4. The van der Waals surface area contributed by atoms with E-state index in [1.54, 1.807) is 24.3 Å². The molecule has 0 amide bonds. The molecule has 0 N–H and O–H groups in total. The van der Waals surface area contributed by atoms with Crippen LogP contribution in [0.4, 0.5) is 5.69 Å². The number of aldehydes is 1. The van der Waals surface area contributed by atoms with Crippen molar-refractivity contribution in [1.82, 2.24) is 0 Å². The van der Waals surface area contributed by atoms with E-state index in [4.69, 9.17) is 16.3 Å². The van der Waals surface area contributed by atoms with E-state index < -0.39 is 5.97 Å². The molecule has 0 aliphatic heterocycles. The Bertz CT molecular complexity index is 1220. The van der Waals surface area contributed by atoms with Crippen molar-refractivity contribution in [3.63, 3.8) is 0 Å². The first-order valence-corrected chi connectivity index (χ1v) is 12.3. The van der Waals surface area contributed by atoms with Crippen LogP contribution in [0.5, 0.6) is 0 Å². The van der Waals surface area contributed by atoms with Crippen LogP contribution in [0, 0.1) is 0 Å². The van der Waals surface area contributed by atoms with Crippen LogP contribution in [0.25, 0.3) is 0 Å². The largest absolute Gasteiger partial charge is 0.461 e. The smallest absolute Gasteiger partial charge is 0.338 e. The zero-order valence-corrected chi connectivity index (χ0v) is 20.7. The van der Waals surface area contributed by atoms with Gasteiger partial charge in [0, 0.05) is 36.1 Å². The first kappa shape index (κ1) is 25.2. The van der Waals surface area contributed by atoms with Crippen LogP contribution >= 0.6 is 11.6 Å². The van der Waals surface area contributed by atoms with Crippen molar-refractivity contribution >= 4 is 29.5 Å². The van der Waals surface area contributed by atoms with Gasteiger partial charge < -0.3 is 14.4 Å². The van der Waals surface area contributed by atoms with Gasteiger partial charge in [0.15, 0.2) is 0 Å². The zero-order chi connectivity index (χ0) is 25.2. The van der Waals surface area contributed by atoms with E-state index in [0.29, 0.717) is 10.6 Å². The first-order valence-electron chi connectivity index (χ1n) is 11.9. The standard InChI is InChI=1S/C31H28ClNO3/c32-30-20-28(33(21-24-10-4-1-5-11-24)22-25-12-6-2-7-13-25)16-17-29(30)27(18-19-34)23-36-31(35)26-14-8-3-9-15-26/h1-17,19-20,27H,18,21-23H2/t27-/m0/s1. The number of ether oxygens (including phenoxy) is 1. The summed E-state index contributed by atoms with van der Waals surface area (Å²) in [6.45, 7) is 1.51. The fourth-order valence-electron chi connectivity index (χ4n) is 4.12. The van der Waals surface area contributed by atoms with Crippen molar-refractivity contribution in [3.05, 3.63) is 136 Å². The van der Waals surface area contributed by atoms with E-state index in [2.05, 4.69) is 29.2 Å². The second-order valence-corrected chi connectivity index (χ2v) is 9.00. The predicted octanol–water partition coefficient (Wildman–Crippen LogP) is 7.08. The monoisotopic (exact) mass is 497 g/mol. The number of hydrogen-bond acceptors (Lipinski definition) is 4. The first-order chi connectivity index (χ1) is 17.6. The lowest BCUT2D eigenvalue weighted by Crippen LogP contribution is -2.22. The molecule has 0 saturated heterocycles. The Balaban J connectivity index is 1.54. The number of carbonyl (C=O) groups excluding carboxylic acids is 2. The molecule has 1 atom stereocenters. The summed E-state index contributed by atoms with van der Waals surface area (Å²) in [5.41, 5.74) is 4.62. The minimum absolute atomic E-state index is 0.0727. The number of carbonyl (C=O) groups is 2. The summed E-state index contributed by atoms with van der Waals surface area (Å²) < 4.78 is 5.52. The highest BCUT2D eigenvalue weighted by atomic mass is 35.5. The molecular weight excluding hydrogens is 470 g/mol. The number of anilines is 1. The summed E-state index contributed by atoms with van der Waals surface area (Å²) in [5.74, 6) is -0.746. The molecule has 0 spiro atoms. The Morgan fingerprint density at radius 1 is 0.806 bits per heavy atom. The van der Waals surface area contributed by atoms with Crippen LogP contribution in [-0.4, -0.2) is 18.9 Å². The Labute approximate surface area is 217 Å². The van der Waals surface area contributed by atoms with Crippen molar-refractivity contribution < 1.29 is 14.3 Å². The van der Waals surface area contributed by atoms with Crippen LogP contribution < -0.4 is 4.90 Å². The molecule has 0 aliphatic carbocycles. The van der Waals surface area contributed by atoms with Crippen LogP contribution in [0.3, 0.4) is 0 Å². The molecule has 0 fully saturated rings. The number of benzene rings is 4. The molecule has 36 heavy (non-hydrogen) atoms. The van der Waals surface area contributed by atoms with Gasteiger partial charge in [-0.15, -0.1) is 0 Å². The molecule has 4 aromatic rings. The minimum Gasteiger partial charge on any atom is -0.461 e. The molecule has 182 valence electrons. The third-order valence-electron chi connectivity index (χ3n) is 6.03. The maximum Gasteiger partial charge on any atom is 0.338 e. The summed E-state index contributed by atoms with van der Waals surface area (Å²) in [6, 6.07) is 35.3. The van der Waals surface area contributed by atoms with E-state index in [0.717, 1.165) is 30.6 Å². The molecule has 0 heterocycles. The SMILES string of the molecule is O=CC[C@@H](COC(=O)c1ccccc1)c1ccc(N(Cc2ccccc2)Cc2ccccc2)cc1Cl. The van der Waals surface area contributed by atoms with Crippen LogP contribution in [0.1, 0.15) is 39.4 Å². The Morgan fingerprint density at radius 3 is 1.89 bits per heavy atom. The third-order valence-corrected chi connectivity index (χ3v) is 6.35. The van der Waals surface area contributed by atoms with Crippen LogP contribution in [0.2, 0.25) is 5.02 Å². The molecule has 0 aromatic heterocycles. The molecule has 0 radical (unpaired) electrons. The lowest BCUT2D eigenvalue weighted by atomic mass is 9.96. The van der Waals surface area contributed by atoms with Crippen molar-refractivity contribution in [2.75, 3.05) is 11.5 Å². The highest BCUT2D eigenvalue weighted by Crippen LogP contribution is 2.32. The van der Waals surface area contributed by atoms with Gasteiger partial charge >= 0.3 is 5.97 Å². The van der Waals surface area contributed by atoms with E-state index >= 15 is 0 Å². The number of nitrogens with zero attached hydrogens (tertiary/aromatic N) is 1. The minimum atomic E-state index is -0.420. The Hall–Kier alpha value is -3.89. The van der Waals surface area contributed by atoms with Crippen LogP contribution in [-0.2, 0) is 22.6 Å². The highest BCUT2D eigenvalue weighted by molar-refractivity contribution is 6.31. The average molecular weight is 498 g/mol. The number of rotatable bonds is 11. The number of esters is 1. The fraction of sp³-hybridized carbons (Fsp3) is 0.161. The van der Waals surface area contributed by atoms with E-state index in [1.807, 2.05) is 60.7 Å². The van der Waals surface area contributed by atoms with Gasteiger partial charge in [0.25, 0.3) is 0 Å². The van der Waals surface area contributed by atoms with Crippen molar-refractivity contribution in [1.29, 1.82) is 0 Å². The predicted molar refractivity (Wildman–Crippen MR) is 144 cm³/mol. The molecule has 0 saturated carbocycles. The lowest BCUT2D eigenvalue weighted by molar-refractivity contribution is -0.108. The Kier molecular flexibility index (Phi) is 8.90. The van der Waals surface area contributed by atoms with Crippen molar-refractivity contribution in [2.45, 2.75) is 25.4 Å². The average Bonchev–Trinajstić information content (AvgIpc) is 2.92. The maximum absolute atomic E-state index is 12.4. The molecule has 0 aliphatic rings. The summed E-state index contributed by atoms with van der Waals surface area (Å²) in [7, 11) is 0. The topological polar surface area (TPSA) is 46.6 Å². The second-order valence-electron chi connectivity index (χ2n) is 8.60. The molecule has 0 bridgehead atoms. The van der Waals surface area contributed by atoms with Gasteiger partial charge in [0.1, 0.15) is 6.29 Å². The second kappa shape index (κ2) is 12.7. The number of halogens is 1. The van der Waals surface area contributed by atoms with Gasteiger partial charge in [-0.3, -0.25) is 0 Å². The molecule has 4 nitrogen and oxygen atoms in total. The van der Waals surface area contributed by atoms with Crippen LogP contribution in [0.15, 0.2) is 109 Å². The summed E-state index contributed by atoms with van der Waals surface area (Å²) in [4.78, 5) is 26.1. The van der Waals surface area contributed by atoms with E-state index in [-0.39, 0.29) is 18.9 Å². The summed E-state index contributed by atoms with van der Waals surface area (Å²) in [6.07, 6.45) is 1.04. The highest BCUT2D eigenvalue weighted by Gasteiger charge is 2.19. The molecular formula is C31H28ClNO3. The van der Waals surface area contributed by atoms with Gasteiger partial charge in [-0.1, -0.05) is 96.5 Å². The normalized spacial score (nSPS) is 11.5. The molecule has 0 unspecified atom stereocenters. The zero-order valence-electron chi connectivity index (χ0n) is 19.9. The van der Waals surface area contributed by atoms with Gasteiger partial charge in [0.2, 0.25) is 0 Å².